The first-order valence-corrected chi connectivity index (χ1v) is 6.68. The lowest BCUT2D eigenvalue weighted by atomic mass is 10.4. The molecule has 0 aliphatic heterocycles. The first-order chi connectivity index (χ1) is 10.7. The number of nitrogen functional groups attached to an aromatic ring is 1. The fraction of sp³-hybridized carbons (Fsp3) is 0. The lowest BCUT2D eigenvalue weighted by molar-refractivity contribution is 0.462. The van der Waals surface area contributed by atoms with Crippen LogP contribution in [0, 0.1) is 0 Å². The molecule has 3 heterocycles. The monoisotopic (exact) mass is 314 g/mol. The maximum atomic E-state index is 6.03. The number of hydrogen-bond acceptors (Lipinski definition) is 7. The second-order valence-corrected chi connectivity index (χ2v) is 4.56. The molecule has 0 unspecified atom stereocenters. The van der Waals surface area contributed by atoms with E-state index in [1.807, 2.05) is 0 Å². The van der Waals surface area contributed by atoms with Gasteiger partial charge >= 0.3 is 0 Å². The van der Waals surface area contributed by atoms with Gasteiger partial charge in [-0.25, -0.2) is 9.97 Å². The molecular formula is C14H11ClN6O. The highest BCUT2D eigenvalue weighted by Gasteiger charge is 2.12. The number of hydrogen-bond donors (Lipinski definition) is 2. The maximum Gasteiger partial charge on any atom is 0.248 e. The van der Waals surface area contributed by atoms with Gasteiger partial charge in [0, 0.05) is 12.4 Å². The number of anilines is 3. The number of aromatic nitrogens is 4. The topological polar surface area (TPSA) is 98.8 Å². The van der Waals surface area contributed by atoms with E-state index in [1.54, 1.807) is 42.9 Å². The zero-order valence-electron chi connectivity index (χ0n) is 11.3. The zero-order valence-corrected chi connectivity index (χ0v) is 12.0. The highest BCUT2D eigenvalue weighted by atomic mass is 35.5. The molecule has 0 radical (unpaired) electrons. The van der Waals surface area contributed by atoms with Crippen molar-refractivity contribution in [1.82, 2.24) is 19.9 Å². The van der Waals surface area contributed by atoms with Gasteiger partial charge in [0.15, 0.2) is 11.0 Å². The Morgan fingerprint density at radius 2 is 1.95 bits per heavy atom. The maximum absolute atomic E-state index is 6.03. The van der Waals surface area contributed by atoms with Crippen molar-refractivity contribution < 1.29 is 4.74 Å². The normalized spacial score (nSPS) is 10.2. The van der Waals surface area contributed by atoms with E-state index in [0.29, 0.717) is 22.4 Å². The molecule has 0 amide bonds. The number of nitrogens with one attached hydrogen (secondary N) is 1. The quantitative estimate of drug-likeness (QED) is 0.714. The van der Waals surface area contributed by atoms with Crippen molar-refractivity contribution in [2.45, 2.75) is 0 Å². The van der Waals surface area contributed by atoms with Crippen LogP contribution in [0.1, 0.15) is 0 Å². The number of rotatable bonds is 4. The Hall–Kier alpha value is -2.93. The van der Waals surface area contributed by atoms with E-state index in [9.17, 15) is 0 Å². The van der Waals surface area contributed by atoms with Crippen LogP contribution in [-0.4, -0.2) is 19.9 Å². The second kappa shape index (κ2) is 6.23. The van der Waals surface area contributed by atoms with Crippen LogP contribution in [0.4, 0.5) is 17.2 Å². The molecule has 0 aliphatic carbocycles. The summed E-state index contributed by atoms with van der Waals surface area (Å²) in [6.45, 7) is 0. The van der Waals surface area contributed by atoms with Gasteiger partial charge in [-0.05, 0) is 24.3 Å². The van der Waals surface area contributed by atoms with E-state index >= 15 is 0 Å². The summed E-state index contributed by atoms with van der Waals surface area (Å²) >= 11 is 6.00. The molecule has 7 nitrogen and oxygen atoms in total. The van der Waals surface area contributed by atoms with Crippen molar-refractivity contribution in [3.05, 3.63) is 54.3 Å². The molecule has 3 N–H and O–H groups in total. The van der Waals surface area contributed by atoms with E-state index in [0.717, 1.165) is 0 Å². The standard InChI is InChI=1S/C14H11ClN6O/c15-12-10(4-2-6-18-12)21-13-11(16)14(20-8-19-13)22-9-3-1-5-17-7-9/h1-8H,16H2,(H,19,20,21). The molecule has 0 saturated heterocycles. The molecule has 0 aliphatic rings. The predicted octanol–water partition coefficient (Wildman–Crippen LogP) is 3.04. The summed E-state index contributed by atoms with van der Waals surface area (Å²) < 4.78 is 5.59. The van der Waals surface area contributed by atoms with E-state index in [1.165, 1.54) is 6.33 Å². The third kappa shape index (κ3) is 3.04. The lowest BCUT2D eigenvalue weighted by Gasteiger charge is -2.11. The molecule has 0 saturated carbocycles. The van der Waals surface area contributed by atoms with Crippen molar-refractivity contribution in [2.24, 2.45) is 0 Å². The fourth-order valence-electron chi connectivity index (χ4n) is 1.69. The van der Waals surface area contributed by atoms with Crippen molar-refractivity contribution in [2.75, 3.05) is 11.1 Å². The highest BCUT2D eigenvalue weighted by Crippen LogP contribution is 2.31. The van der Waals surface area contributed by atoms with Gasteiger partial charge in [-0.2, -0.15) is 4.98 Å². The number of ether oxygens (including phenoxy) is 1. The number of nitrogens with zero attached hydrogens (tertiary/aromatic N) is 4. The summed E-state index contributed by atoms with van der Waals surface area (Å²) in [5.74, 6) is 1.13. The first-order valence-electron chi connectivity index (χ1n) is 6.30. The summed E-state index contributed by atoms with van der Waals surface area (Å²) in [6.07, 6.45) is 6.14. The Kier molecular flexibility index (Phi) is 3.97. The fourth-order valence-corrected chi connectivity index (χ4v) is 1.85. The summed E-state index contributed by atoms with van der Waals surface area (Å²) in [6, 6.07) is 7.01. The van der Waals surface area contributed by atoms with Crippen LogP contribution in [0.3, 0.4) is 0 Å². The summed E-state index contributed by atoms with van der Waals surface area (Å²) in [5.41, 5.74) is 6.87. The molecule has 0 spiro atoms. The Labute approximate surface area is 131 Å². The van der Waals surface area contributed by atoms with Crippen molar-refractivity contribution in [3.63, 3.8) is 0 Å². The van der Waals surface area contributed by atoms with Crippen molar-refractivity contribution in [1.29, 1.82) is 0 Å². The van der Waals surface area contributed by atoms with E-state index in [4.69, 9.17) is 22.1 Å². The molecule has 3 rings (SSSR count). The minimum atomic E-state index is 0.227. The van der Waals surface area contributed by atoms with Crippen molar-refractivity contribution >= 4 is 28.8 Å². The molecular weight excluding hydrogens is 304 g/mol. The summed E-state index contributed by atoms with van der Waals surface area (Å²) in [4.78, 5) is 16.0. The van der Waals surface area contributed by atoms with Crippen LogP contribution < -0.4 is 15.8 Å². The lowest BCUT2D eigenvalue weighted by Crippen LogP contribution is -2.03. The molecule has 22 heavy (non-hydrogen) atoms. The predicted molar refractivity (Wildman–Crippen MR) is 83.3 cm³/mol. The van der Waals surface area contributed by atoms with Gasteiger partial charge < -0.3 is 15.8 Å². The Bertz CT molecular complexity index is 783. The zero-order chi connectivity index (χ0) is 15.4. The molecule has 0 fully saturated rings. The Balaban J connectivity index is 1.88. The van der Waals surface area contributed by atoms with Gasteiger partial charge in [0.2, 0.25) is 5.88 Å². The molecule has 3 aromatic rings. The molecule has 0 bridgehead atoms. The van der Waals surface area contributed by atoms with Gasteiger partial charge in [-0.1, -0.05) is 11.6 Å². The second-order valence-electron chi connectivity index (χ2n) is 4.20. The van der Waals surface area contributed by atoms with Crippen LogP contribution in [0.5, 0.6) is 11.6 Å². The van der Waals surface area contributed by atoms with Crippen LogP contribution in [0.15, 0.2) is 49.2 Å². The SMILES string of the molecule is Nc1c(Nc2cccnc2Cl)ncnc1Oc1cccnc1. The average molecular weight is 315 g/mol. The minimum absolute atomic E-state index is 0.227. The van der Waals surface area contributed by atoms with Crippen LogP contribution in [0.25, 0.3) is 0 Å². The number of nitrogens with two attached hydrogens (primary N) is 1. The minimum Gasteiger partial charge on any atom is -0.435 e. The highest BCUT2D eigenvalue weighted by molar-refractivity contribution is 6.32. The summed E-state index contributed by atoms with van der Waals surface area (Å²) in [5, 5.41) is 3.32. The van der Waals surface area contributed by atoms with Crippen LogP contribution in [0.2, 0.25) is 5.15 Å². The largest absolute Gasteiger partial charge is 0.435 e. The molecule has 8 heteroatoms. The number of halogens is 1. The van der Waals surface area contributed by atoms with E-state index in [-0.39, 0.29) is 11.6 Å². The molecule has 110 valence electrons. The molecule has 0 atom stereocenters. The van der Waals surface area contributed by atoms with E-state index in [2.05, 4.69) is 25.3 Å². The number of pyridine rings is 2. The Morgan fingerprint density at radius 3 is 2.73 bits per heavy atom. The Morgan fingerprint density at radius 1 is 1.09 bits per heavy atom. The van der Waals surface area contributed by atoms with Crippen molar-refractivity contribution in [3.8, 4) is 11.6 Å². The van der Waals surface area contributed by atoms with Gasteiger partial charge in [-0.3, -0.25) is 4.98 Å². The van der Waals surface area contributed by atoms with Crippen LogP contribution >= 0.6 is 11.6 Å². The van der Waals surface area contributed by atoms with Gasteiger partial charge in [0.25, 0.3) is 0 Å². The van der Waals surface area contributed by atoms with Crippen LogP contribution in [-0.2, 0) is 0 Å². The molecule has 3 aromatic heterocycles. The third-order valence-corrected chi connectivity index (χ3v) is 3.01. The first kappa shape index (κ1) is 14.0. The van der Waals surface area contributed by atoms with Gasteiger partial charge in [-0.15, -0.1) is 0 Å². The summed E-state index contributed by atoms with van der Waals surface area (Å²) in [7, 11) is 0. The van der Waals surface area contributed by atoms with E-state index < -0.39 is 0 Å². The average Bonchev–Trinajstić information content (AvgIpc) is 2.54. The molecule has 0 aromatic carbocycles. The van der Waals surface area contributed by atoms with Gasteiger partial charge in [0.05, 0.1) is 11.9 Å². The van der Waals surface area contributed by atoms with Gasteiger partial charge in [0.1, 0.15) is 17.8 Å². The smallest absolute Gasteiger partial charge is 0.248 e. The third-order valence-electron chi connectivity index (χ3n) is 2.71.